The second-order valence-electron chi connectivity index (χ2n) is 9.24. The molecule has 2 aliphatic rings. The van der Waals surface area contributed by atoms with E-state index in [0.29, 0.717) is 25.6 Å². The Hall–Kier alpha value is -1.30. The van der Waals surface area contributed by atoms with Gasteiger partial charge in [-0.3, -0.25) is 4.79 Å². The van der Waals surface area contributed by atoms with Crippen molar-refractivity contribution in [3.63, 3.8) is 0 Å². The van der Waals surface area contributed by atoms with Crippen LogP contribution in [0.5, 0.6) is 0 Å². The van der Waals surface area contributed by atoms with Crippen molar-refractivity contribution in [2.75, 3.05) is 26.2 Å². The molecule has 0 aliphatic carbocycles. The monoisotopic (exact) mass is 353 g/mol. The number of hydrogen-bond acceptors (Lipinski definition) is 4. The number of amides is 2. The third kappa shape index (κ3) is 5.59. The minimum Gasteiger partial charge on any atom is -0.444 e. The van der Waals surface area contributed by atoms with E-state index in [2.05, 4.69) is 26.1 Å². The van der Waals surface area contributed by atoms with E-state index in [1.807, 2.05) is 30.6 Å². The highest BCUT2D eigenvalue weighted by molar-refractivity contribution is 5.78. The summed E-state index contributed by atoms with van der Waals surface area (Å²) in [6.45, 7) is 15.2. The number of piperidine rings is 1. The number of ether oxygens (including phenoxy) is 1. The molecule has 144 valence electrons. The van der Waals surface area contributed by atoms with Gasteiger partial charge in [0.05, 0.1) is 0 Å². The fraction of sp³-hybridized carbons (Fsp3) is 0.895. The third-order valence-corrected chi connectivity index (χ3v) is 5.03. The fourth-order valence-corrected chi connectivity index (χ4v) is 3.77. The minimum absolute atomic E-state index is 0.0432. The Kier molecular flexibility index (Phi) is 6.02. The molecule has 2 atom stereocenters. The zero-order valence-corrected chi connectivity index (χ0v) is 16.7. The van der Waals surface area contributed by atoms with Crippen LogP contribution in [-0.4, -0.2) is 65.7 Å². The van der Waals surface area contributed by atoms with Crippen LogP contribution in [0.25, 0.3) is 0 Å². The van der Waals surface area contributed by atoms with Crippen LogP contribution in [0.3, 0.4) is 0 Å². The first-order valence-electron chi connectivity index (χ1n) is 9.50. The number of nitrogens with zero attached hydrogens (tertiary/aromatic N) is 2. The largest absolute Gasteiger partial charge is 0.444 e. The van der Waals surface area contributed by atoms with Crippen molar-refractivity contribution < 1.29 is 14.3 Å². The summed E-state index contributed by atoms with van der Waals surface area (Å²) in [6.07, 6.45) is 2.33. The Morgan fingerprint density at radius 1 is 1.36 bits per heavy atom. The molecular weight excluding hydrogens is 318 g/mol. The molecule has 2 rings (SSSR count). The van der Waals surface area contributed by atoms with Gasteiger partial charge in [0, 0.05) is 44.7 Å². The van der Waals surface area contributed by atoms with Crippen molar-refractivity contribution in [3.05, 3.63) is 0 Å². The maximum Gasteiger partial charge on any atom is 0.410 e. The second kappa shape index (κ2) is 7.52. The Labute approximate surface area is 152 Å². The van der Waals surface area contributed by atoms with E-state index in [1.165, 1.54) is 0 Å². The standard InChI is InChI=1S/C19H35N3O3/c1-14(12-21-10-7-8-16(21)23)20-15-9-11-22(13-19(15,5)6)17(24)25-18(2,3)4/h14-15,20H,7-13H2,1-6H3. The van der Waals surface area contributed by atoms with Crippen molar-refractivity contribution in [1.29, 1.82) is 0 Å². The maximum absolute atomic E-state index is 12.3. The zero-order chi connectivity index (χ0) is 18.8. The summed E-state index contributed by atoms with van der Waals surface area (Å²) in [5.41, 5.74) is -0.508. The Bertz CT molecular complexity index is 499. The highest BCUT2D eigenvalue weighted by atomic mass is 16.6. The molecular formula is C19H35N3O3. The Balaban J connectivity index is 1.87. The van der Waals surface area contributed by atoms with Gasteiger partial charge in [0.1, 0.15) is 5.60 Å². The zero-order valence-electron chi connectivity index (χ0n) is 16.7. The molecule has 2 amide bonds. The molecule has 2 saturated heterocycles. The summed E-state index contributed by atoms with van der Waals surface area (Å²) in [6, 6.07) is 0.568. The van der Waals surface area contributed by atoms with E-state index in [-0.39, 0.29) is 23.5 Å². The van der Waals surface area contributed by atoms with Crippen molar-refractivity contribution in [3.8, 4) is 0 Å². The summed E-state index contributed by atoms with van der Waals surface area (Å²) in [7, 11) is 0. The van der Waals surface area contributed by atoms with Crippen LogP contribution >= 0.6 is 0 Å². The van der Waals surface area contributed by atoms with Crippen molar-refractivity contribution in [2.45, 2.75) is 78.5 Å². The molecule has 2 aliphatic heterocycles. The Morgan fingerprint density at radius 2 is 2.04 bits per heavy atom. The molecule has 0 spiro atoms. The van der Waals surface area contributed by atoms with Gasteiger partial charge < -0.3 is 19.9 Å². The summed E-state index contributed by atoms with van der Waals surface area (Å²) >= 11 is 0. The summed E-state index contributed by atoms with van der Waals surface area (Å²) in [5, 5.41) is 3.69. The van der Waals surface area contributed by atoms with E-state index in [9.17, 15) is 9.59 Å². The highest BCUT2D eigenvalue weighted by Crippen LogP contribution is 2.30. The third-order valence-electron chi connectivity index (χ3n) is 5.03. The molecule has 0 bridgehead atoms. The average molecular weight is 354 g/mol. The van der Waals surface area contributed by atoms with Gasteiger partial charge >= 0.3 is 6.09 Å². The van der Waals surface area contributed by atoms with Gasteiger partial charge in [-0.25, -0.2) is 4.79 Å². The van der Waals surface area contributed by atoms with Crippen LogP contribution in [0, 0.1) is 5.41 Å². The topological polar surface area (TPSA) is 61.9 Å². The lowest BCUT2D eigenvalue weighted by atomic mass is 9.79. The van der Waals surface area contributed by atoms with Crippen molar-refractivity contribution >= 4 is 12.0 Å². The van der Waals surface area contributed by atoms with Gasteiger partial charge in [0.2, 0.25) is 5.91 Å². The molecule has 0 radical (unpaired) electrons. The number of carbonyl (C=O) groups is 2. The van der Waals surface area contributed by atoms with E-state index in [0.717, 1.165) is 25.9 Å². The molecule has 2 heterocycles. The van der Waals surface area contributed by atoms with Crippen molar-refractivity contribution in [1.82, 2.24) is 15.1 Å². The summed E-state index contributed by atoms with van der Waals surface area (Å²) < 4.78 is 5.51. The van der Waals surface area contributed by atoms with Gasteiger partial charge in [-0.1, -0.05) is 13.8 Å². The molecule has 0 aromatic carbocycles. The number of carbonyl (C=O) groups excluding carboxylic acids is 2. The molecule has 0 aromatic rings. The van der Waals surface area contributed by atoms with Crippen LogP contribution in [0.2, 0.25) is 0 Å². The average Bonchev–Trinajstić information content (AvgIpc) is 2.84. The Morgan fingerprint density at radius 3 is 2.56 bits per heavy atom. The van der Waals surface area contributed by atoms with Gasteiger partial charge in [-0.2, -0.15) is 0 Å². The van der Waals surface area contributed by atoms with E-state index in [4.69, 9.17) is 4.74 Å². The molecule has 2 fully saturated rings. The van der Waals surface area contributed by atoms with E-state index in [1.54, 1.807) is 0 Å². The van der Waals surface area contributed by atoms with Crippen LogP contribution in [-0.2, 0) is 9.53 Å². The van der Waals surface area contributed by atoms with Gasteiger partial charge in [-0.05, 0) is 46.0 Å². The normalized spacial score (nSPS) is 25.2. The molecule has 6 nitrogen and oxygen atoms in total. The fourth-order valence-electron chi connectivity index (χ4n) is 3.77. The lowest BCUT2D eigenvalue weighted by Gasteiger charge is -2.45. The molecule has 25 heavy (non-hydrogen) atoms. The first-order valence-corrected chi connectivity index (χ1v) is 9.50. The highest BCUT2D eigenvalue weighted by Gasteiger charge is 2.39. The van der Waals surface area contributed by atoms with Crippen LogP contribution in [0.15, 0.2) is 0 Å². The van der Waals surface area contributed by atoms with Gasteiger partial charge in [-0.15, -0.1) is 0 Å². The maximum atomic E-state index is 12.3. The minimum atomic E-state index is -0.465. The molecule has 6 heteroatoms. The number of hydrogen-bond donors (Lipinski definition) is 1. The van der Waals surface area contributed by atoms with Gasteiger partial charge in [0.25, 0.3) is 0 Å². The van der Waals surface area contributed by atoms with Crippen LogP contribution < -0.4 is 5.32 Å². The molecule has 1 N–H and O–H groups in total. The number of nitrogens with one attached hydrogen (secondary N) is 1. The predicted octanol–water partition coefficient (Wildman–Crippen LogP) is 2.62. The van der Waals surface area contributed by atoms with E-state index < -0.39 is 5.60 Å². The van der Waals surface area contributed by atoms with Crippen LogP contribution in [0.4, 0.5) is 4.79 Å². The number of rotatable bonds is 4. The van der Waals surface area contributed by atoms with Crippen molar-refractivity contribution in [2.24, 2.45) is 5.41 Å². The SMILES string of the molecule is CC(CN1CCCC1=O)NC1CCN(C(=O)OC(C)(C)C)CC1(C)C. The molecule has 0 saturated carbocycles. The second-order valence-corrected chi connectivity index (χ2v) is 9.24. The molecule has 2 unspecified atom stereocenters. The lowest BCUT2D eigenvalue weighted by molar-refractivity contribution is -0.128. The number of likely N-dealkylation sites (tertiary alicyclic amines) is 2. The van der Waals surface area contributed by atoms with E-state index >= 15 is 0 Å². The predicted molar refractivity (Wildman–Crippen MR) is 98.4 cm³/mol. The smallest absolute Gasteiger partial charge is 0.410 e. The quantitative estimate of drug-likeness (QED) is 0.844. The summed E-state index contributed by atoms with van der Waals surface area (Å²) in [4.78, 5) is 27.9. The summed E-state index contributed by atoms with van der Waals surface area (Å²) in [5.74, 6) is 0.271. The lowest BCUT2D eigenvalue weighted by Crippen LogP contribution is -2.58. The first-order chi connectivity index (χ1) is 11.5. The first kappa shape index (κ1) is 20.0. The van der Waals surface area contributed by atoms with Gasteiger partial charge in [0.15, 0.2) is 0 Å². The molecule has 0 aromatic heterocycles. The van der Waals surface area contributed by atoms with Crippen LogP contribution in [0.1, 0.15) is 60.8 Å².